The second-order valence-corrected chi connectivity index (χ2v) is 5.05. The van der Waals surface area contributed by atoms with E-state index in [1.807, 2.05) is 0 Å². The van der Waals surface area contributed by atoms with E-state index in [1.165, 1.54) is 7.11 Å². The molecule has 1 aromatic rings. The molecule has 0 atom stereocenters. The van der Waals surface area contributed by atoms with Gasteiger partial charge in [0.15, 0.2) is 25.1 Å². The van der Waals surface area contributed by atoms with Crippen molar-refractivity contribution in [3.8, 4) is 17.2 Å². The molecular weight excluding hydrogens is 352 g/mol. The van der Waals surface area contributed by atoms with E-state index < -0.39 is 0 Å². The Morgan fingerprint density at radius 3 is 2.04 bits per heavy atom. The molecule has 0 amide bonds. The third-order valence-electron chi connectivity index (χ3n) is 3.04. The molecule has 8 heteroatoms. The van der Waals surface area contributed by atoms with Gasteiger partial charge in [-0.25, -0.2) is 0 Å². The number of hydrogen-bond donors (Lipinski definition) is 0. The Balaban J connectivity index is 2.86. The van der Waals surface area contributed by atoms with Crippen molar-refractivity contribution in [1.29, 1.82) is 0 Å². The molecule has 0 bridgehead atoms. The number of benzene rings is 1. The zero-order valence-electron chi connectivity index (χ0n) is 14.8. The van der Waals surface area contributed by atoms with Gasteiger partial charge in [-0.2, -0.15) is 0 Å². The van der Waals surface area contributed by atoms with Crippen molar-refractivity contribution in [2.24, 2.45) is 0 Å². The number of ether oxygens (including phenoxy) is 7. The van der Waals surface area contributed by atoms with Crippen molar-refractivity contribution < 1.29 is 33.2 Å². The lowest BCUT2D eigenvalue weighted by Gasteiger charge is -2.18. The fourth-order valence-electron chi connectivity index (χ4n) is 1.80. The predicted octanol–water partition coefficient (Wildman–Crippen LogP) is 2.99. The summed E-state index contributed by atoms with van der Waals surface area (Å²) in [6.07, 6.45) is 1.60. The highest BCUT2D eigenvalue weighted by atomic mass is 35.5. The summed E-state index contributed by atoms with van der Waals surface area (Å²) in [5, 5.41) is 0.372. The second kappa shape index (κ2) is 12.8. The summed E-state index contributed by atoms with van der Waals surface area (Å²) in [6.45, 7) is 5.49. The maximum Gasteiger partial charge on any atom is 0.207 e. The molecular formula is C17H25ClO7. The minimum Gasteiger partial charge on any atom is -0.491 e. The Morgan fingerprint density at radius 1 is 0.920 bits per heavy atom. The standard InChI is InChI=1S/C17H25ClO7/c1-5-13-10-14(24-11-22-8-6-19-2)16(17(21-4)15(13)18)25-12-23-9-7-20-3/h5,10H,1,6-9,11-12H2,2-4H3. The first kappa shape index (κ1) is 21.5. The van der Waals surface area contributed by atoms with E-state index >= 15 is 0 Å². The number of halogens is 1. The Morgan fingerprint density at radius 2 is 1.52 bits per heavy atom. The smallest absolute Gasteiger partial charge is 0.207 e. The Hall–Kier alpha value is -1.51. The van der Waals surface area contributed by atoms with Crippen LogP contribution >= 0.6 is 11.6 Å². The first-order chi connectivity index (χ1) is 12.2. The number of hydrogen-bond acceptors (Lipinski definition) is 7. The average molecular weight is 377 g/mol. The molecule has 1 aromatic carbocycles. The maximum atomic E-state index is 6.31. The third-order valence-corrected chi connectivity index (χ3v) is 3.43. The van der Waals surface area contributed by atoms with Crippen molar-refractivity contribution in [3.05, 3.63) is 23.2 Å². The van der Waals surface area contributed by atoms with Crippen molar-refractivity contribution in [1.82, 2.24) is 0 Å². The molecule has 0 aliphatic heterocycles. The van der Waals surface area contributed by atoms with Gasteiger partial charge in [0.1, 0.15) is 0 Å². The Bertz CT molecular complexity index is 522. The van der Waals surface area contributed by atoms with E-state index in [4.69, 9.17) is 44.8 Å². The average Bonchev–Trinajstić information content (AvgIpc) is 2.62. The molecule has 0 saturated carbocycles. The maximum absolute atomic E-state index is 6.31. The van der Waals surface area contributed by atoms with Crippen LogP contribution in [0.15, 0.2) is 12.6 Å². The van der Waals surface area contributed by atoms with Crippen molar-refractivity contribution >= 4 is 17.7 Å². The summed E-state index contributed by atoms with van der Waals surface area (Å²) in [4.78, 5) is 0. The monoisotopic (exact) mass is 376 g/mol. The summed E-state index contributed by atoms with van der Waals surface area (Å²) in [5.41, 5.74) is 0.651. The predicted molar refractivity (Wildman–Crippen MR) is 94.7 cm³/mol. The summed E-state index contributed by atoms with van der Waals surface area (Å²) in [6, 6.07) is 1.70. The van der Waals surface area contributed by atoms with Gasteiger partial charge in [0, 0.05) is 19.8 Å². The fourth-order valence-corrected chi connectivity index (χ4v) is 2.09. The summed E-state index contributed by atoms with van der Waals surface area (Å²) in [5.74, 6) is 1.07. The molecule has 142 valence electrons. The first-order valence-electron chi connectivity index (χ1n) is 7.61. The summed E-state index contributed by atoms with van der Waals surface area (Å²) >= 11 is 6.31. The van der Waals surface area contributed by atoms with Gasteiger partial charge in [-0.3, -0.25) is 0 Å². The molecule has 0 saturated heterocycles. The highest BCUT2D eigenvalue weighted by molar-refractivity contribution is 6.34. The van der Waals surface area contributed by atoms with Crippen LogP contribution in [-0.2, 0) is 18.9 Å². The minimum atomic E-state index is -0.00955. The van der Waals surface area contributed by atoms with Crippen molar-refractivity contribution in [3.63, 3.8) is 0 Å². The lowest BCUT2D eigenvalue weighted by Crippen LogP contribution is -2.11. The van der Waals surface area contributed by atoms with Crippen LogP contribution in [0.4, 0.5) is 0 Å². The van der Waals surface area contributed by atoms with Crippen LogP contribution in [-0.4, -0.2) is 61.3 Å². The van der Waals surface area contributed by atoms with Crippen LogP contribution in [0.1, 0.15) is 5.56 Å². The second-order valence-electron chi connectivity index (χ2n) is 4.67. The molecule has 0 aromatic heterocycles. The van der Waals surface area contributed by atoms with Gasteiger partial charge in [0.25, 0.3) is 0 Å². The lowest BCUT2D eigenvalue weighted by molar-refractivity contribution is -0.0215. The van der Waals surface area contributed by atoms with E-state index in [1.54, 1.807) is 26.4 Å². The Kier molecular flexibility index (Phi) is 11.0. The third kappa shape index (κ3) is 7.09. The van der Waals surface area contributed by atoms with E-state index in [9.17, 15) is 0 Å². The zero-order chi connectivity index (χ0) is 18.5. The molecule has 0 radical (unpaired) electrons. The van der Waals surface area contributed by atoms with Crippen LogP contribution in [0.3, 0.4) is 0 Å². The topological polar surface area (TPSA) is 64.6 Å². The van der Waals surface area contributed by atoms with Crippen LogP contribution in [0.25, 0.3) is 6.08 Å². The zero-order valence-corrected chi connectivity index (χ0v) is 15.6. The highest BCUT2D eigenvalue weighted by Crippen LogP contribution is 2.45. The van der Waals surface area contributed by atoms with Gasteiger partial charge < -0.3 is 33.2 Å². The van der Waals surface area contributed by atoms with E-state index in [0.717, 1.165) is 0 Å². The van der Waals surface area contributed by atoms with Gasteiger partial charge in [0.05, 0.1) is 38.6 Å². The Labute approximate surface area is 153 Å². The molecule has 1 rings (SSSR count). The van der Waals surface area contributed by atoms with Gasteiger partial charge in [-0.1, -0.05) is 24.3 Å². The highest BCUT2D eigenvalue weighted by Gasteiger charge is 2.19. The molecule has 0 heterocycles. The van der Waals surface area contributed by atoms with Crippen LogP contribution in [0.5, 0.6) is 17.2 Å². The van der Waals surface area contributed by atoms with Crippen LogP contribution < -0.4 is 14.2 Å². The molecule has 25 heavy (non-hydrogen) atoms. The summed E-state index contributed by atoms with van der Waals surface area (Å²) < 4.78 is 37.1. The first-order valence-corrected chi connectivity index (χ1v) is 7.99. The van der Waals surface area contributed by atoms with Gasteiger partial charge in [0.2, 0.25) is 5.75 Å². The molecule has 7 nitrogen and oxygen atoms in total. The SMILES string of the molecule is C=Cc1cc(OCOCCOC)c(OCOCCOC)c(OC)c1Cl. The molecule has 0 N–H and O–H groups in total. The fraction of sp³-hybridized carbons (Fsp3) is 0.529. The molecule has 0 unspecified atom stereocenters. The van der Waals surface area contributed by atoms with Crippen molar-refractivity contribution in [2.75, 3.05) is 61.3 Å². The van der Waals surface area contributed by atoms with Gasteiger partial charge in [-0.15, -0.1) is 0 Å². The molecule has 0 fully saturated rings. The van der Waals surface area contributed by atoms with Gasteiger partial charge >= 0.3 is 0 Å². The molecule has 0 aliphatic carbocycles. The minimum absolute atomic E-state index is 0.00955. The molecule has 0 spiro atoms. The number of rotatable bonds is 14. The van der Waals surface area contributed by atoms with Crippen molar-refractivity contribution in [2.45, 2.75) is 0 Å². The normalized spacial score (nSPS) is 10.6. The van der Waals surface area contributed by atoms with E-state index in [2.05, 4.69) is 6.58 Å². The van der Waals surface area contributed by atoms with Gasteiger partial charge in [-0.05, 0) is 6.07 Å². The largest absolute Gasteiger partial charge is 0.491 e. The quantitative estimate of drug-likeness (QED) is 0.365. The molecule has 0 aliphatic rings. The van der Waals surface area contributed by atoms with E-state index in [0.29, 0.717) is 54.3 Å². The summed E-state index contributed by atoms with van der Waals surface area (Å²) in [7, 11) is 4.68. The van der Waals surface area contributed by atoms with Crippen LogP contribution in [0, 0.1) is 0 Å². The van der Waals surface area contributed by atoms with E-state index in [-0.39, 0.29) is 13.6 Å². The number of methoxy groups -OCH3 is 3. The lowest BCUT2D eigenvalue weighted by atomic mass is 10.2. The van der Waals surface area contributed by atoms with Crippen LogP contribution in [0.2, 0.25) is 5.02 Å².